The van der Waals surface area contributed by atoms with Gasteiger partial charge in [0, 0.05) is 27.9 Å². The second-order valence-electron chi connectivity index (χ2n) is 9.57. The molecule has 4 aromatic heterocycles. The lowest BCUT2D eigenvalue weighted by Crippen LogP contribution is -2.23. The van der Waals surface area contributed by atoms with Gasteiger partial charge in [0.25, 0.3) is 5.56 Å². The highest BCUT2D eigenvalue weighted by atomic mass is 35.5. The molecule has 0 fully saturated rings. The summed E-state index contributed by atoms with van der Waals surface area (Å²) >= 11 is 6.31. The van der Waals surface area contributed by atoms with Crippen LogP contribution in [0.2, 0.25) is 5.02 Å². The highest BCUT2D eigenvalue weighted by Crippen LogP contribution is 2.34. The molecule has 0 bridgehead atoms. The van der Waals surface area contributed by atoms with Crippen molar-refractivity contribution < 1.29 is 9.90 Å². The molecular weight excluding hydrogens is 605 g/mol. The number of hydrogen-bond donors (Lipinski definition) is 2. The van der Waals surface area contributed by atoms with Gasteiger partial charge in [-0.3, -0.25) is 9.59 Å². The van der Waals surface area contributed by atoms with E-state index in [9.17, 15) is 9.59 Å². The van der Waals surface area contributed by atoms with Crippen LogP contribution in [0.1, 0.15) is 24.0 Å². The number of hydrogen-bond acceptors (Lipinski definition) is 7. The highest BCUT2D eigenvalue weighted by molar-refractivity contribution is 6.31. The molecule has 2 N–H and O–H groups in total. The van der Waals surface area contributed by atoms with Crippen molar-refractivity contribution in [3.8, 4) is 28.1 Å². The number of rotatable bonds is 6. The summed E-state index contributed by atoms with van der Waals surface area (Å²) in [6, 6.07) is 14.4. The standard InChI is InChI=1S/C27H20ClN9O3.2ClH/c28-17-2-5-22(36-14-31-33-34-36)19(10-17)16-7-18-3-6-24(37(18)25(38)9-16)27-29-11-21(32-27)15-1-4-23-20(8-15)30-13-35(23)12-26(39)40;;/h1-2,4-5,7-11,13-14,24H,3,6,12H2,(H,29,32)(H,39,40);2*1H/t24-;;/m0../s1. The Balaban J connectivity index is 0.00000176. The average molecular weight is 627 g/mol. The number of benzene rings is 2. The summed E-state index contributed by atoms with van der Waals surface area (Å²) in [7, 11) is 0. The first kappa shape index (κ1) is 29.0. The Labute approximate surface area is 254 Å². The lowest BCUT2D eigenvalue weighted by Gasteiger charge is -2.15. The van der Waals surface area contributed by atoms with E-state index < -0.39 is 5.97 Å². The van der Waals surface area contributed by atoms with E-state index in [4.69, 9.17) is 16.7 Å². The minimum Gasteiger partial charge on any atom is -0.480 e. The SMILES string of the molecule is Cl.Cl.O=C(O)Cn1cnc2cc(-c3cnc([C@@H]4CCc5cc(-c6cc(Cl)ccc6-n6cnnn6)cc(=O)n54)[nH]3)ccc21. The third kappa shape index (κ3) is 5.04. The van der Waals surface area contributed by atoms with E-state index in [-0.39, 0.29) is 43.0 Å². The zero-order valence-electron chi connectivity index (χ0n) is 21.6. The number of pyridine rings is 1. The van der Waals surface area contributed by atoms with Crippen molar-refractivity contribution in [3.05, 3.63) is 94.3 Å². The van der Waals surface area contributed by atoms with Gasteiger partial charge in [-0.25, -0.2) is 9.97 Å². The summed E-state index contributed by atoms with van der Waals surface area (Å²) in [5.41, 5.74) is 6.04. The van der Waals surface area contributed by atoms with Gasteiger partial charge in [-0.15, -0.1) is 29.9 Å². The maximum Gasteiger partial charge on any atom is 0.323 e. The first-order chi connectivity index (χ1) is 19.4. The van der Waals surface area contributed by atoms with Gasteiger partial charge in [0.1, 0.15) is 18.7 Å². The molecule has 42 heavy (non-hydrogen) atoms. The van der Waals surface area contributed by atoms with Crippen LogP contribution in [-0.2, 0) is 17.8 Å². The number of aromatic amines is 1. The molecular formula is C27H22Cl3N9O3. The second-order valence-corrected chi connectivity index (χ2v) is 10.0. The topological polar surface area (TPSA) is 149 Å². The van der Waals surface area contributed by atoms with E-state index in [0.29, 0.717) is 28.5 Å². The van der Waals surface area contributed by atoms with Crippen molar-refractivity contribution in [2.75, 3.05) is 0 Å². The maximum absolute atomic E-state index is 13.5. The molecule has 214 valence electrons. The molecule has 7 rings (SSSR count). The number of aryl methyl sites for hydroxylation is 1. The van der Waals surface area contributed by atoms with Gasteiger partial charge >= 0.3 is 5.97 Å². The Morgan fingerprint density at radius 1 is 1.05 bits per heavy atom. The molecule has 0 saturated carbocycles. The number of nitrogens with zero attached hydrogens (tertiary/aromatic N) is 8. The fourth-order valence-electron chi connectivity index (χ4n) is 5.38. The van der Waals surface area contributed by atoms with Crippen LogP contribution >= 0.6 is 36.4 Å². The fraction of sp³-hybridized carbons (Fsp3) is 0.148. The largest absolute Gasteiger partial charge is 0.480 e. The summed E-state index contributed by atoms with van der Waals surface area (Å²) in [6.07, 6.45) is 6.19. The van der Waals surface area contributed by atoms with Crippen molar-refractivity contribution in [2.45, 2.75) is 25.4 Å². The number of fused-ring (bicyclic) bond motifs is 2. The number of nitrogens with one attached hydrogen (secondary N) is 1. The lowest BCUT2D eigenvalue weighted by molar-refractivity contribution is -0.137. The Morgan fingerprint density at radius 2 is 1.90 bits per heavy atom. The van der Waals surface area contributed by atoms with Crippen molar-refractivity contribution in [1.29, 1.82) is 0 Å². The van der Waals surface area contributed by atoms with E-state index in [1.807, 2.05) is 30.3 Å². The van der Waals surface area contributed by atoms with Crippen molar-refractivity contribution in [2.24, 2.45) is 0 Å². The molecule has 0 unspecified atom stereocenters. The minimum atomic E-state index is -0.929. The van der Waals surface area contributed by atoms with Gasteiger partial charge in [-0.2, -0.15) is 4.68 Å². The summed E-state index contributed by atoms with van der Waals surface area (Å²) in [5, 5.41) is 21.1. The van der Waals surface area contributed by atoms with Crippen LogP contribution < -0.4 is 5.56 Å². The lowest BCUT2D eigenvalue weighted by atomic mass is 10.0. The zero-order chi connectivity index (χ0) is 27.4. The molecule has 0 saturated heterocycles. The van der Waals surface area contributed by atoms with Crippen LogP contribution in [0.3, 0.4) is 0 Å². The van der Waals surface area contributed by atoms with Crippen molar-refractivity contribution in [1.82, 2.24) is 44.3 Å². The van der Waals surface area contributed by atoms with Crippen molar-refractivity contribution in [3.63, 3.8) is 0 Å². The number of aromatic nitrogens is 9. The molecule has 0 aliphatic carbocycles. The molecule has 5 heterocycles. The van der Waals surface area contributed by atoms with Gasteiger partial charge in [-0.05, 0) is 65.2 Å². The predicted molar refractivity (Wildman–Crippen MR) is 160 cm³/mol. The Morgan fingerprint density at radius 3 is 2.69 bits per heavy atom. The number of H-pyrrole nitrogens is 1. The molecule has 0 radical (unpaired) electrons. The Hall–Kier alpha value is -4.52. The second kappa shape index (κ2) is 11.4. The van der Waals surface area contributed by atoms with Crippen LogP contribution in [0.5, 0.6) is 0 Å². The van der Waals surface area contributed by atoms with Gasteiger partial charge in [0.2, 0.25) is 0 Å². The third-order valence-corrected chi connectivity index (χ3v) is 7.38. The van der Waals surface area contributed by atoms with E-state index in [2.05, 4.69) is 30.5 Å². The molecule has 1 aliphatic heterocycles. The highest BCUT2D eigenvalue weighted by Gasteiger charge is 2.28. The summed E-state index contributed by atoms with van der Waals surface area (Å²) in [6.45, 7) is -0.155. The van der Waals surface area contributed by atoms with E-state index >= 15 is 0 Å². The number of imidazole rings is 2. The zero-order valence-corrected chi connectivity index (χ0v) is 24.0. The molecule has 15 heteroatoms. The smallest absolute Gasteiger partial charge is 0.323 e. The number of aliphatic carboxylic acids is 1. The third-order valence-electron chi connectivity index (χ3n) is 7.15. The van der Waals surface area contributed by atoms with Gasteiger partial charge in [-0.1, -0.05) is 17.7 Å². The van der Waals surface area contributed by atoms with E-state index in [0.717, 1.165) is 40.0 Å². The van der Waals surface area contributed by atoms with Crippen molar-refractivity contribution >= 4 is 53.4 Å². The Bertz CT molecular complexity index is 1980. The van der Waals surface area contributed by atoms with E-state index in [1.165, 1.54) is 17.3 Å². The monoisotopic (exact) mass is 625 g/mol. The van der Waals surface area contributed by atoms with Crippen LogP contribution in [-0.4, -0.2) is 55.4 Å². The molecule has 1 atom stereocenters. The van der Waals surface area contributed by atoms with E-state index in [1.54, 1.807) is 33.5 Å². The number of carboxylic acid groups (broad SMARTS) is 1. The number of halogens is 3. The maximum atomic E-state index is 13.5. The van der Waals surface area contributed by atoms with Gasteiger partial charge < -0.3 is 19.2 Å². The minimum absolute atomic E-state index is 0. The van der Waals surface area contributed by atoms with Gasteiger partial charge in [0.15, 0.2) is 0 Å². The molecule has 2 aromatic carbocycles. The summed E-state index contributed by atoms with van der Waals surface area (Å²) in [4.78, 5) is 36.9. The molecule has 12 nitrogen and oxygen atoms in total. The van der Waals surface area contributed by atoms with Crippen LogP contribution in [0.25, 0.3) is 39.1 Å². The summed E-state index contributed by atoms with van der Waals surface area (Å²) < 4.78 is 4.91. The molecule has 6 aromatic rings. The molecule has 1 aliphatic rings. The number of tetrazole rings is 1. The molecule has 0 spiro atoms. The number of carboxylic acids is 1. The fourth-order valence-corrected chi connectivity index (χ4v) is 5.55. The number of carbonyl (C=O) groups is 1. The average Bonchev–Trinajstić information content (AvgIpc) is 3.75. The quantitative estimate of drug-likeness (QED) is 0.277. The first-order valence-corrected chi connectivity index (χ1v) is 12.8. The van der Waals surface area contributed by atoms with Gasteiger partial charge in [0.05, 0.1) is 41.0 Å². The van der Waals surface area contributed by atoms with Crippen LogP contribution in [0.15, 0.2) is 72.2 Å². The first-order valence-electron chi connectivity index (χ1n) is 12.5. The molecule has 0 amide bonds. The normalized spacial score (nSPS) is 13.9. The van der Waals surface area contributed by atoms with Crippen LogP contribution in [0.4, 0.5) is 0 Å². The summed E-state index contributed by atoms with van der Waals surface area (Å²) in [5.74, 6) is -0.237. The predicted octanol–water partition coefficient (Wildman–Crippen LogP) is 4.35. The van der Waals surface area contributed by atoms with Crippen LogP contribution in [0, 0.1) is 0 Å². The Kier molecular flexibility index (Phi) is 7.87.